The van der Waals surface area contributed by atoms with Gasteiger partial charge in [-0.3, -0.25) is 4.79 Å². The van der Waals surface area contributed by atoms with Gasteiger partial charge in [0.2, 0.25) is 5.91 Å². The van der Waals surface area contributed by atoms with Crippen molar-refractivity contribution in [1.82, 2.24) is 4.90 Å². The van der Waals surface area contributed by atoms with E-state index in [0.717, 1.165) is 19.4 Å². The van der Waals surface area contributed by atoms with Crippen molar-refractivity contribution in [2.45, 2.75) is 18.4 Å². The molecule has 4 heteroatoms. The van der Waals surface area contributed by atoms with Crippen LogP contribution in [0, 0.1) is 0 Å². The number of morpholine rings is 1. The lowest BCUT2D eigenvalue weighted by Crippen LogP contribution is -2.48. The van der Waals surface area contributed by atoms with Crippen molar-refractivity contribution >= 4 is 5.91 Å². The first-order chi connectivity index (χ1) is 5.76. The molecular formula is C8H14N2O2. The third-order valence-corrected chi connectivity index (χ3v) is 2.58. The number of hydrogen-bond acceptors (Lipinski definition) is 3. The van der Waals surface area contributed by atoms with Gasteiger partial charge >= 0.3 is 0 Å². The summed E-state index contributed by atoms with van der Waals surface area (Å²) < 4.78 is 5.57. The first kappa shape index (κ1) is 8.01. The molecule has 1 heterocycles. The number of carbonyl (C=O) groups excluding carboxylic acids is 1. The topological polar surface area (TPSA) is 55.6 Å². The van der Waals surface area contributed by atoms with Crippen LogP contribution in [0.5, 0.6) is 0 Å². The molecule has 2 N–H and O–H groups in total. The van der Waals surface area contributed by atoms with Crippen molar-refractivity contribution in [3.05, 3.63) is 0 Å². The van der Waals surface area contributed by atoms with Crippen LogP contribution in [0.15, 0.2) is 0 Å². The van der Waals surface area contributed by atoms with Gasteiger partial charge in [0.05, 0.1) is 18.8 Å². The molecule has 2 rings (SSSR count). The van der Waals surface area contributed by atoms with Crippen LogP contribution in [0.4, 0.5) is 0 Å². The Morgan fingerprint density at radius 2 is 2.33 bits per heavy atom. The maximum atomic E-state index is 11.2. The highest BCUT2D eigenvalue weighted by atomic mass is 16.5. The monoisotopic (exact) mass is 170 g/mol. The number of nitrogens with two attached hydrogens (primary N) is 1. The van der Waals surface area contributed by atoms with Gasteiger partial charge in [-0.1, -0.05) is 0 Å². The molecule has 2 aliphatic rings. The van der Waals surface area contributed by atoms with Gasteiger partial charge in [-0.2, -0.15) is 0 Å². The molecular weight excluding hydrogens is 156 g/mol. The standard InChI is InChI=1S/C8H14N2O2/c9-5-7(11)10-3-4-12-8(6-10)1-2-8/h1-6,9H2. The van der Waals surface area contributed by atoms with E-state index in [1.54, 1.807) is 0 Å². The second kappa shape index (κ2) is 2.71. The van der Waals surface area contributed by atoms with E-state index in [1.165, 1.54) is 0 Å². The molecule has 1 spiro atoms. The predicted molar refractivity (Wildman–Crippen MR) is 43.6 cm³/mol. The number of amides is 1. The smallest absolute Gasteiger partial charge is 0.236 e. The van der Waals surface area contributed by atoms with Crippen molar-refractivity contribution in [3.8, 4) is 0 Å². The van der Waals surface area contributed by atoms with E-state index in [4.69, 9.17) is 10.5 Å². The van der Waals surface area contributed by atoms with Crippen molar-refractivity contribution in [2.75, 3.05) is 26.2 Å². The molecule has 0 radical (unpaired) electrons. The predicted octanol–water partition coefficient (Wildman–Crippen LogP) is -0.663. The fourth-order valence-corrected chi connectivity index (χ4v) is 1.63. The average molecular weight is 170 g/mol. The Labute approximate surface area is 71.7 Å². The molecule has 4 nitrogen and oxygen atoms in total. The highest BCUT2D eigenvalue weighted by molar-refractivity contribution is 5.78. The normalized spacial score (nSPS) is 25.9. The summed E-state index contributed by atoms with van der Waals surface area (Å²) in [6, 6.07) is 0. The second-order valence-electron chi connectivity index (χ2n) is 3.55. The molecule has 0 unspecified atom stereocenters. The number of rotatable bonds is 1. The van der Waals surface area contributed by atoms with Gasteiger partial charge in [0, 0.05) is 13.1 Å². The lowest BCUT2D eigenvalue weighted by molar-refractivity contribution is -0.138. The van der Waals surface area contributed by atoms with E-state index in [2.05, 4.69) is 0 Å². The van der Waals surface area contributed by atoms with E-state index in [9.17, 15) is 4.79 Å². The molecule has 0 aromatic carbocycles. The minimum Gasteiger partial charge on any atom is -0.371 e. The summed E-state index contributed by atoms with van der Waals surface area (Å²) in [5.41, 5.74) is 5.31. The van der Waals surface area contributed by atoms with Crippen LogP contribution >= 0.6 is 0 Å². The molecule has 68 valence electrons. The fraction of sp³-hybridized carbons (Fsp3) is 0.875. The number of hydrogen-bond donors (Lipinski definition) is 1. The van der Waals surface area contributed by atoms with Crippen LogP contribution in [-0.4, -0.2) is 42.6 Å². The Morgan fingerprint density at radius 1 is 1.58 bits per heavy atom. The summed E-state index contributed by atoms with van der Waals surface area (Å²) in [6.45, 7) is 2.25. The van der Waals surface area contributed by atoms with Crippen molar-refractivity contribution in [2.24, 2.45) is 5.73 Å². The minimum absolute atomic E-state index is 0.0308. The summed E-state index contributed by atoms with van der Waals surface area (Å²) in [5.74, 6) is 0.0459. The zero-order valence-corrected chi connectivity index (χ0v) is 7.08. The molecule has 1 saturated carbocycles. The van der Waals surface area contributed by atoms with E-state index in [1.807, 2.05) is 4.90 Å². The molecule has 1 aliphatic heterocycles. The largest absolute Gasteiger partial charge is 0.371 e. The van der Waals surface area contributed by atoms with Crippen LogP contribution in [0.3, 0.4) is 0 Å². The van der Waals surface area contributed by atoms with Crippen molar-refractivity contribution < 1.29 is 9.53 Å². The van der Waals surface area contributed by atoms with Crippen LogP contribution < -0.4 is 5.73 Å². The summed E-state index contributed by atoms with van der Waals surface area (Å²) in [4.78, 5) is 13.0. The number of carbonyl (C=O) groups is 1. The van der Waals surface area contributed by atoms with Gasteiger partial charge in [0.25, 0.3) is 0 Å². The van der Waals surface area contributed by atoms with E-state index < -0.39 is 0 Å². The molecule has 1 saturated heterocycles. The van der Waals surface area contributed by atoms with Crippen LogP contribution in [0.2, 0.25) is 0 Å². The minimum atomic E-state index is 0.0308. The lowest BCUT2D eigenvalue weighted by Gasteiger charge is -2.32. The number of nitrogens with zero attached hydrogens (tertiary/aromatic N) is 1. The van der Waals surface area contributed by atoms with Gasteiger partial charge in [-0.25, -0.2) is 0 Å². The van der Waals surface area contributed by atoms with Gasteiger partial charge in [0.15, 0.2) is 0 Å². The zero-order valence-electron chi connectivity index (χ0n) is 7.08. The third-order valence-electron chi connectivity index (χ3n) is 2.58. The highest BCUT2D eigenvalue weighted by Crippen LogP contribution is 2.41. The second-order valence-corrected chi connectivity index (χ2v) is 3.55. The molecule has 0 atom stereocenters. The molecule has 1 amide bonds. The molecule has 0 bridgehead atoms. The average Bonchev–Trinajstić information content (AvgIpc) is 2.84. The fourth-order valence-electron chi connectivity index (χ4n) is 1.63. The lowest BCUT2D eigenvalue weighted by atomic mass is 10.2. The van der Waals surface area contributed by atoms with Crippen molar-refractivity contribution in [3.63, 3.8) is 0 Å². The van der Waals surface area contributed by atoms with Gasteiger partial charge in [-0.05, 0) is 12.8 Å². The van der Waals surface area contributed by atoms with Gasteiger partial charge < -0.3 is 15.4 Å². The van der Waals surface area contributed by atoms with E-state index in [0.29, 0.717) is 13.2 Å². The highest BCUT2D eigenvalue weighted by Gasteiger charge is 2.48. The summed E-state index contributed by atoms with van der Waals surface area (Å²) in [6.07, 6.45) is 2.20. The Bertz CT molecular complexity index is 201. The summed E-state index contributed by atoms with van der Waals surface area (Å²) in [5, 5.41) is 0. The first-order valence-electron chi connectivity index (χ1n) is 4.38. The maximum absolute atomic E-state index is 11.2. The molecule has 0 aromatic heterocycles. The Balaban J connectivity index is 1.94. The summed E-state index contributed by atoms with van der Waals surface area (Å²) >= 11 is 0. The molecule has 0 aromatic rings. The van der Waals surface area contributed by atoms with E-state index >= 15 is 0 Å². The van der Waals surface area contributed by atoms with Crippen LogP contribution in [0.25, 0.3) is 0 Å². The summed E-state index contributed by atoms with van der Waals surface area (Å²) in [7, 11) is 0. The Kier molecular flexibility index (Phi) is 1.81. The van der Waals surface area contributed by atoms with Crippen LogP contribution in [0.1, 0.15) is 12.8 Å². The molecule has 1 aliphatic carbocycles. The molecule has 12 heavy (non-hydrogen) atoms. The van der Waals surface area contributed by atoms with Gasteiger partial charge in [-0.15, -0.1) is 0 Å². The SMILES string of the molecule is NCC(=O)N1CCOC2(CC2)C1. The van der Waals surface area contributed by atoms with Crippen LogP contribution in [-0.2, 0) is 9.53 Å². The number of ether oxygens (including phenoxy) is 1. The third kappa shape index (κ3) is 1.32. The maximum Gasteiger partial charge on any atom is 0.236 e. The van der Waals surface area contributed by atoms with Gasteiger partial charge in [0.1, 0.15) is 0 Å². The quantitative estimate of drug-likeness (QED) is 0.568. The zero-order chi connectivity index (χ0) is 8.60. The molecule has 2 fully saturated rings. The Hall–Kier alpha value is -0.610. The van der Waals surface area contributed by atoms with E-state index in [-0.39, 0.29) is 18.1 Å². The Morgan fingerprint density at radius 3 is 2.92 bits per heavy atom. The first-order valence-corrected chi connectivity index (χ1v) is 4.38. The van der Waals surface area contributed by atoms with Crippen molar-refractivity contribution in [1.29, 1.82) is 0 Å².